The van der Waals surface area contributed by atoms with Gasteiger partial charge in [-0.15, -0.1) is 0 Å². The molecule has 0 unspecified atom stereocenters. The number of nitrogens with two attached hydrogens (primary N) is 1. The number of ether oxygens (including phenoxy) is 1. The number of primary amides is 1. The molecule has 5 N–H and O–H groups in total. The number of carboxylic acids is 1. The fourth-order valence-electron chi connectivity index (χ4n) is 5.04. The van der Waals surface area contributed by atoms with Crippen molar-refractivity contribution in [2.24, 2.45) is 5.73 Å². The number of carbonyl (C=O) groups excluding carboxylic acids is 2. The standard InChI is InChI=1S/C29H33N9O5/c1-4-38-24(13-17(2)35-38)26(40)34-29-33-21-15-19(27(41)42)8-10-23(21)37(29)12-6-5-11-36-22-9-7-18(25(30)39)14-20(22)32-28(36)31-16-43-3/h7-10,13-15H,4-6,11-12,16H2,1-3H3,(H2,30,39)(H,31,32)(H,41,42)(H,33,34,40). The number of rotatable bonds is 13. The zero-order chi connectivity index (χ0) is 30.7. The van der Waals surface area contributed by atoms with Crippen LogP contribution in [0.4, 0.5) is 11.9 Å². The van der Waals surface area contributed by atoms with Gasteiger partial charge in [0.2, 0.25) is 17.8 Å². The van der Waals surface area contributed by atoms with Gasteiger partial charge in [0.25, 0.3) is 5.91 Å². The number of imidazole rings is 2. The molecule has 0 saturated heterocycles. The number of carboxylic acid groups (broad SMARTS) is 1. The molecular weight excluding hydrogens is 554 g/mol. The maximum absolute atomic E-state index is 13.2. The third-order valence-electron chi connectivity index (χ3n) is 7.08. The van der Waals surface area contributed by atoms with Crippen LogP contribution in [0.3, 0.4) is 0 Å². The van der Waals surface area contributed by atoms with Crippen molar-refractivity contribution < 1.29 is 24.2 Å². The Labute approximate surface area is 246 Å². The molecule has 14 nitrogen and oxygen atoms in total. The van der Waals surface area contributed by atoms with Crippen LogP contribution in [-0.4, -0.2) is 65.6 Å². The van der Waals surface area contributed by atoms with Gasteiger partial charge in [-0.1, -0.05) is 0 Å². The van der Waals surface area contributed by atoms with Crippen LogP contribution in [0.5, 0.6) is 0 Å². The quantitative estimate of drug-likeness (QED) is 0.118. The lowest BCUT2D eigenvalue weighted by atomic mass is 10.2. The van der Waals surface area contributed by atoms with Crippen LogP contribution in [0.2, 0.25) is 0 Å². The highest BCUT2D eigenvalue weighted by atomic mass is 16.5. The van der Waals surface area contributed by atoms with Crippen molar-refractivity contribution in [1.82, 2.24) is 28.9 Å². The Morgan fingerprint density at radius 1 is 0.930 bits per heavy atom. The number of benzene rings is 2. The fraction of sp³-hybridized carbons (Fsp3) is 0.310. The fourth-order valence-corrected chi connectivity index (χ4v) is 5.04. The molecule has 0 aliphatic rings. The molecule has 2 amide bonds. The maximum Gasteiger partial charge on any atom is 0.335 e. The third-order valence-corrected chi connectivity index (χ3v) is 7.08. The molecule has 0 bridgehead atoms. The van der Waals surface area contributed by atoms with Crippen LogP contribution in [-0.2, 0) is 24.4 Å². The van der Waals surface area contributed by atoms with Crippen molar-refractivity contribution in [3.05, 3.63) is 65.0 Å². The summed E-state index contributed by atoms with van der Waals surface area (Å²) in [6.45, 7) is 5.62. The van der Waals surface area contributed by atoms with E-state index >= 15 is 0 Å². The van der Waals surface area contributed by atoms with Gasteiger partial charge < -0.3 is 30.0 Å². The van der Waals surface area contributed by atoms with Gasteiger partial charge in [0.05, 0.1) is 33.3 Å². The second kappa shape index (κ2) is 12.3. The summed E-state index contributed by atoms with van der Waals surface area (Å²) in [5.41, 5.74) is 9.72. The van der Waals surface area contributed by atoms with E-state index in [0.29, 0.717) is 65.8 Å². The van der Waals surface area contributed by atoms with Crippen molar-refractivity contribution in [3.8, 4) is 0 Å². The summed E-state index contributed by atoms with van der Waals surface area (Å²) < 4.78 is 10.7. The Kier molecular flexibility index (Phi) is 8.39. The molecule has 3 heterocycles. The van der Waals surface area contributed by atoms with E-state index in [0.717, 1.165) is 17.6 Å². The number of fused-ring (bicyclic) bond motifs is 2. The number of hydrogen-bond donors (Lipinski definition) is 4. The predicted octanol–water partition coefficient (Wildman–Crippen LogP) is 3.46. The van der Waals surface area contributed by atoms with Gasteiger partial charge in [-0.3, -0.25) is 19.6 Å². The summed E-state index contributed by atoms with van der Waals surface area (Å²) in [6.07, 6.45) is 1.43. The normalized spacial score (nSPS) is 11.3. The van der Waals surface area contributed by atoms with Crippen LogP contribution < -0.4 is 16.4 Å². The Balaban J connectivity index is 1.39. The van der Waals surface area contributed by atoms with E-state index < -0.39 is 11.9 Å². The van der Waals surface area contributed by atoms with E-state index in [9.17, 15) is 19.5 Å². The van der Waals surface area contributed by atoms with E-state index in [1.807, 2.05) is 29.0 Å². The van der Waals surface area contributed by atoms with Crippen molar-refractivity contribution in [1.29, 1.82) is 0 Å². The molecule has 5 rings (SSSR count). The molecule has 0 atom stereocenters. The smallest absolute Gasteiger partial charge is 0.335 e. The lowest BCUT2D eigenvalue weighted by Gasteiger charge is -2.13. The summed E-state index contributed by atoms with van der Waals surface area (Å²) in [4.78, 5) is 45.7. The Hall–Kier alpha value is -5.24. The highest BCUT2D eigenvalue weighted by molar-refractivity contribution is 6.03. The van der Waals surface area contributed by atoms with Gasteiger partial charge >= 0.3 is 5.97 Å². The third kappa shape index (κ3) is 6.04. The van der Waals surface area contributed by atoms with Crippen LogP contribution >= 0.6 is 0 Å². The molecule has 3 aromatic heterocycles. The number of carbonyl (C=O) groups is 3. The summed E-state index contributed by atoms with van der Waals surface area (Å²) in [5.74, 6) is -1.02. The van der Waals surface area contributed by atoms with E-state index in [4.69, 9.17) is 10.5 Å². The number of anilines is 2. The minimum absolute atomic E-state index is 0.109. The Morgan fingerprint density at radius 3 is 2.14 bits per heavy atom. The minimum Gasteiger partial charge on any atom is -0.478 e. The second-order valence-corrected chi connectivity index (χ2v) is 10.0. The van der Waals surface area contributed by atoms with Crippen LogP contribution in [0.25, 0.3) is 22.1 Å². The first-order valence-corrected chi connectivity index (χ1v) is 13.8. The van der Waals surface area contributed by atoms with E-state index in [2.05, 4.69) is 25.7 Å². The summed E-state index contributed by atoms with van der Waals surface area (Å²) in [7, 11) is 1.58. The number of hydrogen-bond acceptors (Lipinski definition) is 8. The number of amides is 2. The van der Waals surface area contributed by atoms with Crippen LogP contribution in [0.1, 0.15) is 56.7 Å². The van der Waals surface area contributed by atoms with Gasteiger partial charge in [-0.25, -0.2) is 14.8 Å². The first-order valence-electron chi connectivity index (χ1n) is 13.8. The summed E-state index contributed by atoms with van der Waals surface area (Å²) in [5, 5.41) is 19.9. The van der Waals surface area contributed by atoms with Crippen molar-refractivity contribution in [3.63, 3.8) is 0 Å². The predicted molar refractivity (Wildman–Crippen MR) is 160 cm³/mol. The van der Waals surface area contributed by atoms with Crippen LogP contribution in [0.15, 0.2) is 42.5 Å². The topological polar surface area (TPSA) is 184 Å². The lowest BCUT2D eigenvalue weighted by molar-refractivity contribution is 0.0696. The average Bonchev–Trinajstić information content (AvgIpc) is 3.65. The number of unbranched alkanes of at least 4 members (excludes halogenated alkanes) is 1. The Bertz CT molecular complexity index is 1840. The molecule has 43 heavy (non-hydrogen) atoms. The van der Waals surface area contributed by atoms with Gasteiger partial charge in [0.15, 0.2) is 0 Å². The molecule has 0 aliphatic carbocycles. The summed E-state index contributed by atoms with van der Waals surface area (Å²) >= 11 is 0. The number of aryl methyl sites for hydroxylation is 4. The molecule has 0 fully saturated rings. The molecule has 0 aliphatic heterocycles. The molecule has 14 heteroatoms. The number of nitrogens with one attached hydrogen (secondary N) is 2. The lowest BCUT2D eigenvalue weighted by Crippen LogP contribution is -2.20. The molecule has 2 aromatic carbocycles. The Morgan fingerprint density at radius 2 is 1.53 bits per heavy atom. The summed E-state index contributed by atoms with van der Waals surface area (Å²) in [6, 6.07) is 11.6. The zero-order valence-electron chi connectivity index (χ0n) is 24.1. The van der Waals surface area contributed by atoms with Crippen molar-refractivity contribution >= 4 is 51.7 Å². The largest absolute Gasteiger partial charge is 0.478 e. The van der Waals surface area contributed by atoms with E-state index in [1.165, 1.54) is 12.1 Å². The number of aromatic carboxylic acids is 1. The first-order chi connectivity index (χ1) is 20.7. The van der Waals surface area contributed by atoms with E-state index in [1.54, 1.807) is 36.1 Å². The van der Waals surface area contributed by atoms with Crippen LogP contribution in [0, 0.1) is 6.92 Å². The molecule has 224 valence electrons. The molecule has 0 saturated carbocycles. The minimum atomic E-state index is -1.06. The van der Waals surface area contributed by atoms with Crippen molar-refractivity contribution in [2.45, 2.75) is 46.3 Å². The van der Waals surface area contributed by atoms with Gasteiger partial charge in [-0.2, -0.15) is 5.10 Å². The monoisotopic (exact) mass is 587 g/mol. The van der Waals surface area contributed by atoms with Crippen molar-refractivity contribution in [2.75, 3.05) is 24.5 Å². The SMILES string of the molecule is CCn1nc(C)cc1C(=O)Nc1nc2cc(C(=O)O)ccc2n1CCCCn1c(NCOC)nc2cc(C(N)=O)ccc21. The molecular formula is C29H33N9O5. The van der Waals surface area contributed by atoms with Gasteiger partial charge in [0.1, 0.15) is 12.4 Å². The highest BCUT2D eigenvalue weighted by Crippen LogP contribution is 2.25. The van der Waals surface area contributed by atoms with Gasteiger partial charge in [0, 0.05) is 32.3 Å². The number of nitrogens with zero attached hydrogens (tertiary/aromatic N) is 6. The average molecular weight is 588 g/mol. The maximum atomic E-state index is 13.2. The molecule has 0 radical (unpaired) electrons. The second-order valence-electron chi connectivity index (χ2n) is 10.0. The molecule has 5 aromatic rings. The number of methoxy groups -OCH3 is 1. The van der Waals surface area contributed by atoms with Gasteiger partial charge in [-0.05, 0) is 69.2 Å². The zero-order valence-corrected chi connectivity index (χ0v) is 24.1. The number of aromatic nitrogens is 6. The molecule has 0 spiro atoms. The first kappa shape index (κ1) is 29.3. The highest BCUT2D eigenvalue weighted by Gasteiger charge is 2.19. The van der Waals surface area contributed by atoms with E-state index in [-0.39, 0.29) is 18.2 Å².